The Morgan fingerprint density at radius 2 is 2.18 bits per heavy atom. The molecule has 0 bridgehead atoms. The van der Waals surface area contributed by atoms with E-state index in [1.54, 1.807) is 19.1 Å². The number of carbonyl (C=O) groups excluding carboxylic acids is 3. The summed E-state index contributed by atoms with van der Waals surface area (Å²) in [7, 11) is 0. The molecule has 4 amide bonds. The molecule has 0 unspecified atom stereocenters. The van der Waals surface area contributed by atoms with E-state index >= 15 is 0 Å². The zero-order valence-corrected chi connectivity index (χ0v) is 12.5. The minimum atomic E-state index is -0.862. The van der Waals surface area contributed by atoms with Crippen molar-refractivity contribution in [3.8, 4) is 0 Å². The normalized spacial score (nSPS) is 24.4. The first kappa shape index (κ1) is 14.5. The Kier molecular flexibility index (Phi) is 3.35. The second-order valence-corrected chi connectivity index (χ2v) is 6.01. The minimum Gasteiger partial charge on any atom is -0.323 e. The Balaban J connectivity index is 1.66. The Labute approximate surface area is 128 Å². The van der Waals surface area contributed by atoms with Crippen LogP contribution in [0.15, 0.2) is 18.2 Å². The van der Waals surface area contributed by atoms with Gasteiger partial charge in [0, 0.05) is 5.69 Å². The molecule has 3 rings (SSSR count). The van der Waals surface area contributed by atoms with Gasteiger partial charge in [-0.3, -0.25) is 14.5 Å². The number of nitrogens with one attached hydrogen (secondary N) is 2. The third-order valence-corrected chi connectivity index (χ3v) is 4.15. The second kappa shape index (κ2) is 5.08. The summed E-state index contributed by atoms with van der Waals surface area (Å²) in [5.74, 6) is -0.188. The molecule has 1 aromatic heterocycles. The Morgan fingerprint density at radius 3 is 2.82 bits per heavy atom. The molecule has 1 saturated carbocycles. The molecule has 116 valence electrons. The van der Waals surface area contributed by atoms with E-state index in [-0.39, 0.29) is 18.4 Å². The summed E-state index contributed by atoms with van der Waals surface area (Å²) in [5, 5.41) is 5.31. The molecular formula is C15H18N4O3. The smallest absolute Gasteiger partial charge is 0.323 e. The first-order chi connectivity index (χ1) is 10.4. The maximum atomic E-state index is 12.4. The highest BCUT2D eigenvalue weighted by Gasteiger charge is 2.56. The lowest BCUT2D eigenvalue weighted by atomic mass is 9.96. The van der Waals surface area contributed by atoms with Gasteiger partial charge in [0.15, 0.2) is 0 Å². The number of aromatic nitrogens is 1. The molecule has 2 N–H and O–H groups in total. The number of carbonyl (C=O) groups is 3. The van der Waals surface area contributed by atoms with E-state index in [1.807, 2.05) is 13.0 Å². The van der Waals surface area contributed by atoms with Crippen LogP contribution < -0.4 is 10.6 Å². The molecule has 2 heterocycles. The zero-order chi connectivity index (χ0) is 15.9. The van der Waals surface area contributed by atoms with Crippen LogP contribution in [-0.4, -0.2) is 39.8 Å². The van der Waals surface area contributed by atoms with Crippen molar-refractivity contribution in [3.63, 3.8) is 0 Å². The van der Waals surface area contributed by atoms with E-state index < -0.39 is 17.5 Å². The lowest BCUT2D eigenvalue weighted by Crippen LogP contribution is -2.46. The minimum absolute atomic E-state index is 0.176. The summed E-state index contributed by atoms with van der Waals surface area (Å²) in [6.07, 6.45) is 1.85. The summed E-state index contributed by atoms with van der Waals surface area (Å²) in [4.78, 5) is 41.6. The van der Waals surface area contributed by atoms with Crippen LogP contribution in [0, 0.1) is 12.8 Å². The number of rotatable bonds is 4. The van der Waals surface area contributed by atoms with Crippen LogP contribution in [-0.2, 0) is 9.59 Å². The van der Waals surface area contributed by atoms with E-state index in [2.05, 4.69) is 15.6 Å². The molecule has 1 aromatic rings. The molecule has 1 aliphatic carbocycles. The molecule has 1 saturated heterocycles. The van der Waals surface area contributed by atoms with E-state index in [9.17, 15) is 14.4 Å². The number of pyridine rings is 1. The predicted octanol–water partition coefficient (Wildman–Crippen LogP) is 1.05. The highest BCUT2D eigenvalue weighted by molar-refractivity contribution is 6.10. The number of nitrogens with zero attached hydrogens (tertiary/aromatic N) is 2. The van der Waals surface area contributed by atoms with Crippen molar-refractivity contribution in [2.45, 2.75) is 32.2 Å². The van der Waals surface area contributed by atoms with Gasteiger partial charge < -0.3 is 10.6 Å². The fourth-order valence-electron chi connectivity index (χ4n) is 2.74. The van der Waals surface area contributed by atoms with Gasteiger partial charge in [-0.2, -0.15) is 0 Å². The third kappa shape index (κ3) is 2.54. The molecule has 0 aromatic carbocycles. The summed E-state index contributed by atoms with van der Waals surface area (Å²) in [6, 6.07) is 4.74. The second-order valence-electron chi connectivity index (χ2n) is 6.01. The summed E-state index contributed by atoms with van der Waals surface area (Å²) in [5.41, 5.74) is -0.0898. The first-order valence-electron chi connectivity index (χ1n) is 7.28. The fourth-order valence-corrected chi connectivity index (χ4v) is 2.74. The van der Waals surface area contributed by atoms with Crippen LogP contribution >= 0.6 is 0 Å². The molecular weight excluding hydrogens is 284 g/mol. The van der Waals surface area contributed by atoms with Gasteiger partial charge in [0.1, 0.15) is 17.9 Å². The van der Waals surface area contributed by atoms with Crippen molar-refractivity contribution >= 4 is 23.7 Å². The monoisotopic (exact) mass is 302 g/mol. The standard InChI is InChI=1S/C15H18N4O3/c1-9-4-3-5-11(16-9)17-12(20)8-19-13(21)15(2,10-6-7-10)18-14(19)22/h3-5,10H,6-8H2,1-2H3,(H,18,22)(H,16,17,20)/t15-/m1/s1. The maximum Gasteiger partial charge on any atom is 0.325 e. The number of hydrogen-bond acceptors (Lipinski definition) is 4. The van der Waals surface area contributed by atoms with Gasteiger partial charge in [0.2, 0.25) is 5.91 Å². The largest absolute Gasteiger partial charge is 0.325 e. The number of imide groups is 1. The zero-order valence-electron chi connectivity index (χ0n) is 12.5. The van der Waals surface area contributed by atoms with Crippen LogP contribution in [0.3, 0.4) is 0 Å². The lowest BCUT2D eigenvalue weighted by Gasteiger charge is -2.20. The van der Waals surface area contributed by atoms with Gasteiger partial charge in [-0.15, -0.1) is 0 Å². The summed E-state index contributed by atoms with van der Waals surface area (Å²) in [6.45, 7) is 3.24. The van der Waals surface area contributed by atoms with E-state index in [1.165, 1.54) is 0 Å². The van der Waals surface area contributed by atoms with Crippen molar-refractivity contribution in [1.29, 1.82) is 0 Å². The molecule has 1 atom stereocenters. The van der Waals surface area contributed by atoms with Crippen molar-refractivity contribution in [2.24, 2.45) is 5.92 Å². The molecule has 2 aliphatic rings. The fraction of sp³-hybridized carbons (Fsp3) is 0.467. The average molecular weight is 302 g/mol. The highest BCUT2D eigenvalue weighted by atomic mass is 16.2. The average Bonchev–Trinajstić information content (AvgIpc) is 3.25. The Bertz CT molecular complexity index is 656. The van der Waals surface area contributed by atoms with Crippen LogP contribution in [0.1, 0.15) is 25.5 Å². The molecule has 1 aliphatic heterocycles. The molecule has 22 heavy (non-hydrogen) atoms. The van der Waals surface area contributed by atoms with Crippen molar-refractivity contribution in [2.75, 3.05) is 11.9 Å². The topological polar surface area (TPSA) is 91.4 Å². The molecule has 7 nitrogen and oxygen atoms in total. The predicted molar refractivity (Wildman–Crippen MR) is 79.0 cm³/mol. The van der Waals surface area contributed by atoms with Crippen molar-refractivity contribution in [1.82, 2.24) is 15.2 Å². The summed E-state index contributed by atoms with van der Waals surface area (Å²) >= 11 is 0. The van der Waals surface area contributed by atoms with Gasteiger partial charge in [0.25, 0.3) is 5.91 Å². The van der Waals surface area contributed by atoms with Crippen LogP contribution in [0.25, 0.3) is 0 Å². The van der Waals surface area contributed by atoms with Crippen LogP contribution in [0.4, 0.5) is 10.6 Å². The maximum absolute atomic E-state index is 12.4. The van der Waals surface area contributed by atoms with Gasteiger partial charge in [-0.05, 0) is 44.7 Å². The Morgan fingerprint density at radius 1 is 1.45 bits per heavy atom. The lowest BCUT2D eigenvalue weighted by molar-refractivity contribution is -0.134. The van der Waals surface area contributed by atoms with Gasteiger partial charge in [-0.1, -0.05) is 6.07 Å². The Hall–Kier alpha value is -2.44. The quantitative estimate of drug-likeness (QED) is 0.813. The first-order valence-corrected chi connectivity index (χ1v) is 7.28. The molecule has 0 radical (unpaired) electrons. The van der Waals surface area contributed by atoms with Crippen LogP contribution in [0.5, 0.6) is 0 Å². The number of anilines is 1. The van der Waals surface area contributed by atoms with Gasteiger partial charge in [0.05, 0.1) is 0 Å². The SMILES string of the molecule is Cc1cccc(NC(=O)CN2C(=O)N[C@](C)(C3CC3)C2=O)n1. The summed E-state index contributed by atoms with van der Waals surface area (Å²) < 4.78 is 0. The van der Waals surface area contributed by atoms with Gasteiger partial charge in [-0.25, -0.2) is 9.78 Å². The number of amides is 4. The molecule has 0 spiro atoms. The number of urea groups is 1. The highest BCUT2D eigenvalue weighted by Crippen LogP contribution is 2.42. The van der Waals surface area contributed by atoms with Crippen molar-refractivity contribution in [3.05, 3.63) is 23.9 Å². The van der Waals surface area contributed by atoms with E-state index in [0.717, 1.165) is 23.4 Å². The van der Waals surface area contributed by atoms with Crippen LogP contribution in [0.2, 0.25) is 0 Å². The molecule has 7 heteroatoms. The van der Waals surface area contributed by atoms with E-state index in [0.29, 0.717) is 5.82 Å². The molecule has 2 fully saturated rings. The number of hydrogen-bond donors (Lipinski definition) is 2. The van der Waals surface area contributed by atoms with Gasteiger partial charge >= 0.3 is 6.03 Å². The third-order valence-electron chi connectivity index (χ3n) is 4.15. The van der Waals surface area contributed by atoms with E-state index in [4.69, 9.17) is 0 Å². The van der Waals surface area contributed by atoms with Crippen molar-refractivity contribution < 1.29 is 14.4 Å². The number of aryl methyl sites for hydroxylation is 1.